The lowest BCUT2D eigenvalue weighted by Gasteiger charge is -2.32. The molecule has 178 valence electrons. The van der Waals surface area contributed by atoms with Crippen molar-refractivity contribution < 1.29 is 9.59 Å². The summed E-state index contributed by atoms with van der Waals surface area (Å²) in [5.41, 5.74) is 2.88. The van der Waals surface area contributed by atoms with Gasteiger partial charge in [0.15, 0.2) is 0 Å². The van der Waals surface area contributed by atoms with Gasteiger partial charge in [-0.2, -0.15) is 0 Å². The van der Waals surface area contributed by atoms with Crippen LogP contribution >= 0.6 is 27.5 Å². The van der Waals surface area contributed by atoms with Gasteiger partial charge in [-0.15, -0.1) is 0 Å². The molecule has 0 fully saturated rings. The van der Waals surface area contributed by atoms with Gasteiger partial charge in [0.1, 0.15) is 6.04 Å². The average molecular weight is 542 g/mol. The minimum Gasteiger partial charge on any atom is -0.352 e. The zero-order chi connectivity index (χ0) is 24.5. The van der Waals surface area contributed by atoms with Gasteiger partial charge in [-0.05, 0) is 55.2 Å². The Hall–Kier alpha value is -2.63. The first-order valence-electron chi connectivity index (χ1n) is 11.4. The van der Waals surface area contributed by atoms with Gasteiger partial charge in [-0.1, -0.05) is 88.2 Å². The monoisotopic (exact) mass is 540 g/mol. The Balaban J connectivity index is 1.92. The molecule has 3 aromatic carbocycles. The van der Waals surface area contributed by atoms with Crippen LogP contribution in [-0.4, -0.2) is 28.8 Å². The highest BCUT2D eigenvalue weighted by atomic mass is 79.9. The van der Waals surface area contributed by atoms with Crippen LogP contribution in [0.25, 0.3) is 0 Å². The molecule has 0 aromatic heterocycles. The number of hydrogen-bond donors (Lipinski definition) is 1. The van der Waals surface area contributed by atoms with E-state index in [1.54, 1.807) is 4.90 Å². The maximum Gasteiger partial charge on any atom is 0.243 e. The summed E-state index contributed by atoms with van der Waals surface area (Å²) in [6.45, 7) is 4.19. The summed E-state index contributed by atoms with van der Waals surface area (Å²) in [5.74, 6) is -0.236. The molecule has 1 N–H and O–H groups in total. The fourth-order valence-electron chi connectivity index (χ4n) is 3.85. The van der Waals surface area contributed by atoms with Crippen LogP contribution in [0.4, 0.5) is 0 Å². The first-order chi connectivity index (χ1) is 16.3. The number of amides is 2. The van der Waals surface area contributed by atoms with E-state index in [0.29, 0.717) is 24.4 Å². The molecule has 0 aliphatic heterocycles. The molecule has 4 nitrogen and oxygen atoms in total. The number of nitrogens with one attached hydrogen (secondary N) is 1. The number of nitrogens with zero attached hydrogens (tertiary/aromatic N) is 1. The number of hydrogen-bond acceptors (Lipinski definition) is 2. The van der Waals surface area contributed by atoms with Gasteiger partial charge < -0.3 is 10.2 Å². The maximum absolute atomic E-state index is 13.6. The van der Waals surface area contributed by atoms with Gasteiger partial charge in [0.05, 0.1) is 0 Å². The second kappa shape index (κ2) is 12.7. The highest BCUT2D eigenvalue weighted by Gasteiger charge is 2.30. The second-order valence-corrected chi connectivity index (χ2v) is 9.93. The summed E-state index contributed by atoms with van der Waals surface area (Å²) in [6, 6.07) is 24.5. The van der Waals surface area contributed by atoms with Crippen molar-refractivity contribution in [3.05, 3.63) is 105 Å². The molecule has 34 heavy (non-hydrogen) atoms. The summed E-state index contributed by atoms with van der Waals surface area (Å²) in [6.07, 6.45) is 1.21. The van der Waals surface area contributed by atoms with Crippen LogP contribution in [0, 0.1) is 0 Å². The lowest BCUT2D eigenvalue weighted by Crippen LogP contribution is -2.51. The van der Waals surface area contributed by atoms with E-state index in [2.05, 4.69) is 21.2 Å². The molecule has 0 bridgehead atoms. The van der Waals surface area contributed by atoms with Crippen molar-refractivity contribution in [1.29, 1.82) is 0 Å². The van der Waals surface area contributed by atoms with Crippen LogP contribution in [-0.2, 0) is 29.0 Å². The van der Waals surface area contributed by atoms with E-state index in [-0.39, 0.29) is 24.3 Å². The Morgan fingerprint density at radius 3 is 2.29 bits per heavy atom. The fraction of sp³-hybridized carbons (Fsp3) is 0.286. The predicted molar refractivity (Wildman–Crippen MR) is 142 cm³/mol. The highest BCUT2D eigenvalue weighted by Crippen LogP contribution is 2.21. The van der Waals surface area contributed by atoms with Crippen LogP contribution in [0.2, 0.25) is 5.02 Å². The molecule has 3 aromatic rings. The Bertz CT molecular complexity index is 1100. The number of rotatable bonds is 10. The van der Waals surface area contributed by atoms with E-state index < -0.39 is 6.04 Å². The molecule has 3 rings (SSSR count). The fourth-order valence-corrected chi connectivity index (χ4v) is 4.53. The van der Waals surface area contributed by atoms with Crippen molar-refractivity contribution in [3.63, 3.8) is 0 Å². The molecule has 0 heterocycles. The van der Waals surface area contributed by atoms with Crippen LogP contribution < -0.4 is 5.32 Å². The van der Waals surface area contributed by atoms with Crippen molar-refractivity contribution in [3.8, 4) is 0 Å². The number of halogens is 2. The number of benzene rings is 3. The average Bonchev–Trinajstić information content (AvgIpc) is 2.81. The zero-order valence-electron chi connectivity index (χ0n) is 19.5. The summed E-state index contributed by atoms with van der Waals surface area (Å²) in [4.78, 5) is 28.7. The first-order valence-corrected chi connectivity index (χ1v) is 12.6. The third-order valence-electron chi connectivity index (χ3n) is 5.51. The van der Waals surface area contributed by atoms with E-state index in [1.807, 2.05) is 92.7 Å². The Labute approximate surface area is 215 Å². The van der Waals surface area contributed by atoms with Gasteiger partial charge in [0.2, 0.25) is 11.8 Å². The van der Waals surface area contributed by atoms with E-state index in [1.165, 1.54) is 0 Å². The summed E-state index contributed by atoms with van der Waals surface area (Å²) < 4.78 is 0.930. The van der Waals surface area contributed by atoms with Gasteiger partial charge in [-0.25, -0.2) is 0 Å². The molecule has 1 unspecified atom stereocenters. The normalized spacial score (nSPS) is 11.8. The van der Waals surface area contributed by atoms with E-state index in [9.17, 15) is 9.59 Å². The van der Waals surface area contributed by atoms with Gasteiger partial charge in [0, 0.05) is 34.9 Å². The van der Waals surface area contributed by atoms with Crippen molar-refractivity contribution >= 4 is 39.3 Å². The van der Waals surface area contributed by atoms with Crippen molar-refractivity contribution in [2.24, 2.45) is 0 Å². The second-order valence-electron chi connectivity index (χ2n) is 8.61. The Kier molecular flexibility index (Phi) is 9.73. The molecular formula is C28H30BrClN2O2. The molecule has 0 saturated heterocycles. The minimum absolute atomic E-state index is 0.0308. The quantitative estimate of drug-likeness (QED) is 0.332. The van der Waals surface area contributed by atoms with Crippen LogP contribution in [0.3, 0.4) is 0 Å². The molecule has 0 aliphatic carbocycles. The number of carbonyl (C=O) groups excluding carboxylic acids is 2. The lowest BCUT2D eigenvalue weighted by atomic mass is 10.0. The van der Waals surface area contributed by atoms with Crippen LogP contribution in [0.5, 0.6) is 0 Å². The van der Waals surface area contributed by atoms with Gasteiger partial charge in [0.25, 0.3) is 0 Å². The third-order valence-corrected chi connectivity index (χ3v) is 6.37. The Morgan fingerprint density at radius 1 is 0.941 bits per heavy atom. The summed E-state index contributed by atoms with van der Waals surface area (Å²) in [7, 11) is 0. The van der Waals surface area contributed by atoms with Crippen LogP contribution in [0.1, 0.15) is 37.0 Å². The van der Waals surface area contributed by atoms with Crippen molar-refractivity contribution in [2.45, 2.75) is 51.7 Å². The standard InChI is InChI=1S/C28H30BrClN2O2/c1-20(2)31-28(34)26(18-21-9-4-3-5-10-21)32(19-22-11-8-13-24(29)17-22)27(33)16-15-23-12-6-7-14-25(23)30/h3-14,17,20,26H,15-16,18-19H2,1-2H3,(H,31,34). The van der Waals surface area contributed by atoms with E-state index in [0.717, 1.165) is 21.2 Å². The molecule has 0 aliphatic rings. The molecule has 6 heteroatoms. The van der Waals surface area contributed by atoms with Crippen molar-refractivity contribution in [1.82, 2.24) is 10.2 Å². The maximum atomic E-state index is 13.6. The van der Waals surface area contributed by atoms with E-state index in [4.69, 9.17) is 11.6 Å². The van der Waals surface area contributed by atoms with Gasteiger partial charge >= 0.3 is 0 Å². The summed E-state index contributed by atoms with van der Waals surface area (Å²) in [5, 5.41) is 3.66. The third kappa shape index (κ3) is 7.71. The Morgan fingerprint density at radius 2 is 1.62 bits per heavy atom. The smallest absolute Gasteiger partial charge is 0.243 e. The number of carbonyl (C=O) groups is 2. The van der Waals surface area contributed by atoms with E-state index >= 15 is 0 Å². The first kappa shape index (κ1) is 26.0. The minimum atomic E-state index is -0.637. The molecule has 0 saturated carbocycles. The molecule has 0 radical (unpaired) electrons. The van der Waals surface area contributed by atoms with Crippen LogP contribution in [0.15, 0.2) is 83.3 Å². The SMILES string of the molecule is CC(C)NC(=O)C(Cc1ccccc1)N(Cc1cccc(Br)c1)C(=O)CCc1ccccc1Cl. The predicted octanol–water partition coefficient (Wildman–Crippen LogP) is 6.20. The lowest BCUT2D eigenvalue weighted by molar-refractivity contribution is -0.141. The largest absolute Gasteiger partial charge is 0.352 e. The highest BCUT2D eigenvalue weighted by molar-refractivity contribution is 9.10. The molecular weight excluding hydrogens is 512 g/mol. The molecule has 1 atom stereocenters. The van der Waals surface area contributed by atoms with Crippen molar-refractivity contribution in [2.75, 3.05) is 0 Å². The zero-order valence-corrected chi connectivity index (χ0v) is 21.9. The molecule has 0 spiro atoms. The summed E-state index contributed by atoms with van der Waals surface area (Å²) >= 11 is 9.83. The molecule has 2 amide bonds. The number of aryl methyl sites for hydroxylation is 1. The van der Waals surface area contributed by atoms with Gasteiger partial charge in [-0.3, -0.25) is 9.59 Å². The topological polar surface area (TPSA) is 49.4 Å².